The number of aromatic nitrogens is 1. The highest BCUT2D eigenvalue weighted by molar-refractivity contribution is 7.39. The summed E-state index contributed by atoms with van der Waals surface area (Å²) in [5.41, 5.74) is 3.89. The van der Waals surface area contributed by atoms with Crippen molar-refractivity contribution >= 4 is 24.9 Å². The second kappa shape index (κ2) is 11.1. The van der Waals surface area contributed by atoms with Gasteiger partial charge < -0.3 is 10.2 Å². The van der Waals surface area contributed by atoms with Crippen LogP contribution in [0.2, 0.25) is 0 Å². The predicted octanol–water partition coefficient (Wildman–Crippen LogP) is 5.11. The highest BCUT2D eigenvalue weighted by Gasteiger charge is 2.25. The lowest BCUT2D eigenvalue weighted by molar-refractivity contribution is -0.138. The Morgan fingerprint density at radius 3 is 2.55 bits per heavy atom. The van der Waals surface area contributed by atoms with Crippen LogP contribution in [-0.4, -0.2) is 40.0 Å². The standard InChI is InChI=1S/C25H23FNO5P/c1-16(2)25-21(7-5-13-32-33(31)15-19(28)14-23(29)30)24(17-9-11-18(26)12-10-17)20-6-3-4-8-22(20)27-25/h3-4,6,8-12,16,19,28H,13-15H2,1-2H3/p+1/t19-/m0/s1. The second-order valence-corrected chi connectivity index (χ2v) is 9.06. The summed E-state index contributed by atoms with van der Waals surface area (Å²) in [5, 5.41) is 19.1. The van der Waals surface area contributed by atoms with E-state index in [1.165, 1.54) is 12.1 Å². The zero-order chi connectivity index (χ0) is 24.0. The van der Waals surface area contributed by atoms with Gasteiger partial charge in [-0.25, -0.2) is 4.39 Å². The first-order valence-corrected chi connectivity index (χ1v) is 11.8. The molecule has 2 N–H and O–H groups in total. The Morgan fingerprint density at radius 1 is 1.18 bits per heavy atom. The number of aliphatic hydroxyl groups excluding tert-OH is 1. The number of hydrogen-bond donors (Lipinski definition) is 2. The average Bonchev–Trinajstić information content (AvgIpc) is 2.76. The number of aliphatic hydroxyl groups is 1. The molecule has 0 amide bonds. The Labute approximate surface area is 192 Å². The van der Waals surface area contributed by atoms with Crippen LogP contribution >= 0.6 is 8.03 Å². The van der Waals surface area contributed by atoms with Gasteiger partial charge in [0, 0.05) is 10.9 Å². The molecule has 6 nitrogen and oxygen atoms in total. The molecular weight excluding hydrogens is 444 g/mol. The molecule has 0 radical (unpaired) electrons. The van der Waals surface area contributed by atoms with Gasteiger partial charge in [-0.15, -0.1) is 4.52 Å². The summed E-state index contributed by atoms with van der Waals surface area (Å²) < 4.78 is 30.7. The Hall–Kier alpha value is -3.17. The summed E-state index contributed by atoms with van der Waals surface area (Å²) >= 11 is 0. The molecule has 1 unspecified atom stereocenters. The van der Waals surface area contributed by atoms with E-state index in [-0.39, 0.29) is 24.5 Å². The fourth-order valence-corrected chi connectivity index (χ4v) is 4.20. The van der Waals surface area contributed by atoms with Crippen LogP contribution in [0.3, 0.4) is 0 Å². The van der Waals surface area contributed by atoms with Gasteiger partial charge in [0.05, 0.1) is 23.2 Å². The van der Waals surface area contributed by atoms with Gasteiger partial charge >= 0.3 is 14.0 Å². The van der Waals surface area contributed by atoms with E-state index in [4.69, 9.17) is 14.6 Å². The smallest absolute Gasteiger partial charge is 0.481 e. The number of halogens is 1. The number of carboxylic acid groups (broad SMARTS) is 1. The molecule has 1 heterocycles. The van der Waals surface area contributed by atoms with Crippen molar-refractivity contribution in [3.63, 3.8) is 0 Å². The molecule has 1 aromatic heterocycles. The Morgan fingerprint density at radius 2 is 1.88 bits per heavy atom. The van der Waals surface area contributed by atoms with Crippen molar-refractivity contribution in [1.29, 1.82) is 0 Å². The van der Waals surface area contributed by atoms with Gasteiger partial charge in [0.25, 0.3) is 0 Å². The molecule has 0 saturated carbocycles. The van der Waals surface area contributed by atoms with E-state index in [1.54, 1.807) is 12.1 Å². The highest BCUT2D eigenvalue weighted by Crippen LogP contribution is 2.35. The van der Waals surface area contributed by atoms with Gasteiger partial charge in [0.15, 0.2) is 6.61 Å². The van der Waals surface area contributed by atoms with Crippen molar-refractivity contribution in [2.75, 3.05) is 12.8 Å². The van der Waals surface area contributed by atoms with Crippen LogP contribution in [0, 0.1) is 17.7 Å². The molecule has 33 heavy (non-hydrogen) atoms. The number of benzene rings is 2. The van der Waals surface area contributed by atoms with Crippen LogP contribution < -0.4 is 0 Å². The summed E-state index contributed by atoms with van der Waals surface area (Å²) in [7, 11) is -2.26. The highest BCUT2D eigenvalue weighted by atomic mass is 31.1. The predicted molar refractivity (Wildman–Crippen MR) is 125 cm³/mol. The van der Waals surface area contributed by atoms with E-state index in [9.17, 15) is 18.9 Å². The third-order valence-electron chi connectivity index (χ3n) is 4.86. The van der Waals surface area contributed by atoms with Crippen molar-refractivity contribution < 1.29 is 28.5 Å². The summed E-state index contributed by atoms with van der Waals surface area (Å²) in [6.45, 7) is 3.85. The monoisotopic (exact) mass is 468 g/mol. The van der Waals surface area contributed by atoms with Crippen LogP contribution in [0.25, 0.3) is 22.0 Å². The molecule has 0 fully saturated rings. The maximum atomic E-state index is 13.6. The summed E-state index contributed by atoms with van der Waals surface area (Å²) in [6, 6.07) is 13.9. The van der Waals surface area contributed by atoms with Gasteiger partial charge in [-0.1, -0.05) is 56.0 Å². The van der Waals surface area contributed by atoms with E-state index < -0.39 is 26.5 Å². The molecule has 3 aromatic rings. The number of pyridine rings is 1. The quantitative estimate of drug-likeness (QED) is 0.352. The zero-order valence-electron chi connectivity index (χ0n) is 18.3. The summed E-state index contributed by atoms with van der Waals surface area (Å²) in [5.74, 6) is 4.50. The topological polar surface area (TPSA) is 96.7 Å². The van der Waals surface area contributed by atoms with E-state index in [1.807, 2.05) is 38.1 Å². The zero-order valence-corrected chi connectivity index (χ0v) is 19.2. The minimum Gasteiger partial charge on any atom is -0.481 e. The minimum atomic E-state index is -2.26. The summed E-state index contributed by atoms with van der Waals surface area (Å²) in [6.07, 6.45) is -2.03. The van der Waals surface area contributed by atoms with Crippen LogP contribution in [0.5, 0.6) is 0 Å². The average molecular weight is 468 g/mol. The first-order chi connectivity index (χ1) is 15.8. The molecule has 3 rings (SSSR count). The number of carbonyl (C=O) groups is 1. The molecular formula is C25H24FNO5P+. The Bertz CT molecular complexity index is 1230. The lowest BCUT2D eigenvalue weighted by Gasteiger charge is -2.16. The first-order valence-electron chi connectivity index (χ1n) is 10.4. The molecule has 8 heteroatoms. The molecule has 0 aliphatic carbocycles. The van der Waals surface area contributed by atoms with Crippen LogP contribution in [-0.2, 0) is 13.9 Å². The first kappa shape index (κ1) is 24.5. The normalized spacial score (nSPS) is 12.3. The van der Waals surface area contributed by atoms with Gasteiger partial charge in [0.1, 0.15) is 11.9 Å². The van der Waals surface area contributed by atoms with E-state index >= 15 is 0 Å². The third-order valence-corrected chi connectivity index (χ3v) is 6.00. The van der Waals surface area contributed by atoms with Crippen molar-refractivity contribution in [1.82, 2.24) is 4.98 Å². The van der Waals surface area contributed by atoms with Crippen molar-refractivity contribution in [3.8, 4) is 23.0 Å². The van der Waals surface area contributed by atoms with Gasteiger partial charge in [0.2, 0.25) is 6.16 Å². The number of carboxylic acids is 1. The molecule has 0 spiro atoms. The van der Waals surface area contributed by atoms with E-state index in [2.05, 4.69) is 11.8 Å². The van der Waals surface area contributed by atoms with Crippen molar-refractivity contribution in [2.45, 2.75) is 32.3 Å². The second-order valence-electron chi connectivity index (χ2n) is 7.77. The number of nitrogens with zero attached hydrogens (tertiary/aromatic N) is 1. The lowest BCUT2D eigenvalue weighted by Crippen LogP contribution is -2.15. The third kappa shape index (κ3) is 6.43. The van der Waals surface area contributed by atoms with Crippen molar-refractivity contribution in [3.05, 3.63) is 65.6 Å². The van der Waals surface area contributed by atoms with Gasteiger partial charge in [-0.2, -0.15) is 0 Å². The Balaban J connectivity index is 1.96. The Kier molecular flexibility index (Phi) is 8.24. The van der Waals surface area contributed by atoms with Crippen molar-refractivity contribution in [2.24, 2.45) is 0 Å². The van der Waals surface area contributed by atoms with Gasteiger partial charge in [-0.3, -0.25) is 9.78 Å². The molecule has 0 aliphatic rings. The summed E-state index contributed by atoms with van der Waals surface area (Å²) in [4.78, 5) is 15.4. The minimum absolute atomic E-state index is 0.0572. The van der Waals surface area contributed by atoms with Gasteiger partial charge in [-0.05, 0) is 34.2 Å². The molecule has 0 saturated heterocycles. The van der Waals surface area contributed by atoms with Crippen LogP contribution in [0.4, 0.5) is 4.39 Å². The number of rotatable bonds is 8. The van der Waals surface area contributed by atoms with Crippen LogP contribution in [0.1, 0.15) is 37.4 Å². The molecule has 170 valence electrons. The fraction of sp³-hybridized carbons (Fsp3) is 0.280. The molecule has 0 bridgehead atoms. The molecule has 2 atom stereocenters. The number of fused-ring (bicyclic) bond motifs is 1. The molecule has 2 aromatic carbocycles. The number of hydrogen-bond acceptors (Lipinski definition) is 5. The molecule has 0 aliphatic heterocycles. The SMILES string of the molecule is CC(C)c1nc2ccccc2c(-c2ccc(F)cc2)c1C#CCO[P+](=O)C[C@@H](O)CC(=O)O. The number of aliphatic carboxylic acids is 1. The maximum absolute atomic E-state index is 13.6. The van der Waals surface area contributed by atoms with E-state index in [0.29, 0.717) is 5.56 Å². The fourth-order valence-electron chi connectivity index (χ4n) is 3.41. The number of para-hydroxylation sites is 1. The van der Waals surface area contributed by atoms with Crippen LogP contribution in [0.15, 0.2) is 48.5 Å². The lowest BCUT2D eigenvalue weighted by atomic mass is 9.91. The van der Waals surface area contributed by atoms with E-state index in [0.717, 1.165) is 27.7 Å². The largest absolute Gasteiger partial charge is 0.511 e. The maximum Gasteiger partial charge on any atom is 0.511 e.